The number of anilines is 1. The van der Waals surface area contributed by atoms with Gasteiger partial charge in [-0.3, -0.25) is 10.6 Å². The van der Waals surface area contributed by atoms with Gasteiger partial charge in [-0.05, 0) is 31.4 Å². The van der Waals surface area contributed by atoms with E-state index in [1.54, 1.807) is 17.0 Å². The number of piperidine rings is 1. The predicted molar refractivity (Wildman–Crippen MR) is 70.0 cm³/mol. The van der Waals surface area contributed by atoms with Crippen molar-refractivity contribution in [2.45, 2.75) is 25.3 Å². The van der Waals surface area contributed by atoms with Crippen LogP contribution in [0.15, 0.2) is 24.3 Å². The molecule has 1 aliphatic heterocycles. The second-order valence-corrected chi connectivity index (χ2v) is 4.52. The van der Waals surface area contributed by atoms with Gasteiger partial charge in [-0.1, -0.05) is 12.1 Å². The molecular weight excluding hydrogens is 230 g/mol. The number of amides is 1. The van der Waals surface area contributed by atoms with E-state index in [1.165, 1.54) is 0 Å². The molecule has 4 N–H and O–H groups in total. The summed E-state index contributed by atoms with van der Waals surface area (Å²) in [5.41, 5.74) is 3.71. The lowest BCUT2D eigenvalue weighted by Crippen LogP contribution is -2.45. The highest BCUT2D eigenvalue weighted by molar-refractivity contribution is 5.99. The smallest absolute Gasteiger partial charge is 0.256 e. The third kappa shape index (κ3) is 2.47. The summed E-state index contributed by atoms with van der Waals surface area (Å²) in [5.74, 6) is 5.35. The molecule has 0 aromatic heterocycles. The number of hydrogen-bond donors (Lipinski definition) is 3. The fraction of sp³-hybridized carbons (Fsp3) is 0.462. The van der Waals surface area contributed by atoms with Crippen LogP contribution in [0.5, 0.6) is 0 Å². The van der Waals surface area contributed by atoms with Crippen LogP contribution < -0.4 is 11.3 Å². The topological polar surface area (TPSA) is 78.6 Å². The van der Waals surface area contributed by atoms with Crippen molar-refractivity contribution in [3.05, 3.63) is 29.8 Å². The Bertz CT molecular complexity index is 422. The maximum absolute atomic E-state index is 12.5. The van der Waals surface area contributed by atoms with Gasteiger partial charge in [0.15, 0.2) is 0 Å². The Morgan fingerprint density at radius 1 is 1.44 bits per heavy atom. The Labute approximate surface area is 107 Å². The van der Waals surface area contributed by atoms with Gasteiger partial charge in [0.05, 0.1) is 23.9 Å². The summed E-state index contributed by atoms with van der Waals surface area (Å²) in [6.45, 7) is 0.715. The summed E-state index contributed by atoms with van der Waals surface area (Å²) in [5, 5.41) is 9.35. The largest absolute Gasteiger partial charge is 0.394 e. The van der Waals surface area contributed by atoms with Crippen molar-refractivity contribution in [1.29, 1.82) is 0 Å². The first kappa shape index (κ1) is 12.9. The van der Waals surface area contributed by atoms with Crippen molar-refractivity contribution >= 4 is 11.6 Å². The van der Waals surface area contributed by atoms with Gasteiger partial charge in [0.25, 0.3) is 5.91 Å². The molecule has 1 saturated heterocycles. The van der Waals surface area contributed by atoms with Crippen LogP contribution in [-0.2, 0) is 0 Å². The fourth-order valence-corrected chi connectivity index (χ4v) is 2.41. The van der Waals surface area contributed by atoms with Crippen LogP contribution in [0.3, 0.4) is 0 Å². The lowest BCUT2D eigenvalue weighted by molar-refractivity contribution is 0.0504. The molecule has 0 saturated carbocycles. The van der Waals surface area contributed by atoms with Crippen molar-refractivity contribution in [1.82, 2.24) is 4.90 Å². The molecule has 1 heterocycles. The average molecular weight is 249 g/mol. The van der Waals surface area contributed by atoms with Gasteiger partial charge in [-0.2, -0.15) is 0 Å². The normalized spacial score (nSPS) is 19.7. The minimum Gasteiger partial charge on any atom is -0.394 e. The first-order valence-electron chi connectivity index (χ1n) is 6.25. The van der Waals surface area contributed by atoms with Crippen molar-refractivity contribution in [2.75, 3.05) is 18.6 Å². The van der Waals surface area contributed by atoms with E-state index >= 15 is 0 Å². The molecule has 0 bridgehead atoms. The first-order valence-corrected chi connectivity index (χ1v) is 6.25. The summed E-state index contributed by atoms with van der Waals surface area (Å²) in [7, 11) is 0. The van der Waals surface area contributed by atoms with Crippen LogP contribution in [0.25, 0.3) is 0 Å². The third-order valence-electron chi connectivity index (χ3n) is 3.41. The minimum absolute atomic E-state index is 0.0178. The number of para-hydroxylation sites is 1. The zero-order chi connectivity index (χ0) is 13.0. The van der Waals surface area contributed by atoms with Crippen LogP contribution >= 0.6 is 0 Å². The molecule has 1 aliphatic rings. The molecule has 5 nitrogen and oxygen atoms in total. The number of nitrogens with one attached hydrogen (secondary N) is 1. The molecule has 1 aromatic carbocycles. The molecule has 1 fully saturated rings. The molecule has 1 amide bonds. The van der Waals surface area contributed by atoms with E-state index in [0.717, 1.165) is 19.3 Å². The SMILES string of the molecule is NNc1ccccc1C(=O)N1CCCCC1CO. The summed E-state index contributed by atoms with van der Waals surface area (Å²) in [6, 6.07) is 7.08. The highest BCUT2D eigenvalue weighted by atomic mass is 16.3. The van der Waals surface area contributed by atoms with Crippen LogP contribution in [0.1, 0.15) is 29.6 Å². The molecule has 0 aliphatic carbocycles. The molecular formula is C13H19N3O2. The molecule has 2 rings (SSSR count). The lowest BCUT2D eigenvalue weighted by atomic mass is 10.0. The van der Waals surface area contributed by atoms with Gasteiger partial charge in [-0.15, -0.1) is 0 Å². The van der Waals surface area contributed by atoms with Crippen molar-refractivity contribution in [3.63, 3.8) is 0 Å². The third-order valence-corrected chi connectivity index (χ3v) is 3.41. The molecule has 0 spiro atoms. The number of carbonyl (C=O) groups excluding carboxylic acids is 1. The quantitative estimate of drug-likeness (QED) is 0.550. The number of hydrazine groups is 1. The number of nitrogens with two attached hydrogens (primary N) is 1. The number of likely N-dealkylation sites (tertiary alicyclic amines) is 1. The van der Waals surface area contributed by atoms with Crippen LogP contribution in [0.4, 0.5) is 5.69 Å². The Morgan fingerprint density at radius 3 is 2.94 bits per heavy atom. The Balaban J connectivity index is 2.24. The Morgan fingerprint density at radius 2 is 2.22 bits per heavy atom. The van der Waals surface area contributed by atoms with Gasteiger partial charge in [-0.25, -0.2) is 0 Å². The maximum Gasteiger partial charge on any atom is 0.256 e. The number of aliphatic hydroxyl groups excluding tert-OH is 1. The second kappa shape index (κ2) is 5.84. The van der Waals surface area contributed by atoms with Crippen LogP contribution in [0, 0.1) is 0 Å². The van der Waals surface area contributed by atoms with Gasteiger partial charge in [0.2, 0.25) is 0 Å². The van der Waals surface area contributed by atoms with E-state index in [0.29, 0.717) is 17.8 Å². The van der Waals surface area contributed by atoms with Gasteiger partial charge >= 0.3 is 0 Å². The molecule has 0 radical (unpaired) electrons. The zero-order valence-electron chi connectivity index (χ0n) is 10.3. The molecule has 1 aromatic rings. The zero-order valence-corrected chi connectivity index (χ0v) is 10.3. The van der Waals surface area contributed by atoms with Gasteiger partial charge in [0.1, 0.15) is 0 Å². The highest BCUT2D eigenvalue weighted by Gasteiger charge is 2.27. The Kier molecular flexibility index (Phi) is 4.17. The van der Waals surface area contributed by atoms with Crippen LogP contribution in [-0.4, -0.2) is 35.1 Å². The van der Waals surface area contributed by atoms with Crippen molar-refractivity contribution < 1.29 is 9.90 Å². The summed E-state index contributed by atoms with van der Waals surface area (Å²) >= 11 is 0. The molecule has 1 unspecified atom stereocenters. The fourth-order valence-electron chi connectivity index (χ4n) is 2.41. The molecule has 98 valence electrons. The molecule has 1 atom stereocenters. The minimum atomic E-state index is -0.0721. The van der Waals surface area contributed by atoms with Crippen molar-refractivity contribution in [2.24, 2.45) is 5.84 Å². The number of benzene rings is 1. The van der Waals surface area contributed by atoms with Crippen LogP contribution in [0.2, 0.25) is 0 Å². The van der Waals surface area contributed by atoms with E-state index in [2.05, 4.69) is 5.43 Å². The van der Waals surface area contributed by atoms with E-state index in [9.17, 15) is 9.90 Å². The number of hydrogen-bond acceptors (Lipinski definition) is 4. The van der Waals surface area contributed by atoms with Gasteiger partial charge in [0, 0.05) is 6.54 Å². The number of rotatable bonds is 3. The highest BCUT2D eigenvalue weighted by Crippen LogP contribution is 2.22. The number of nitrogens with zero attached hydrogens (tertiary/aromatic N) is 1. The van der Waals surface area contributed by atoms with E-state index in [-0.39, 0.29) is 18.6 Å². The number of nitrogen functional groups attached to an aromatic ring is 1. The predicted octanol–water partition coefficient (Wildman–Crippen LogP) is 0.959. The molecule has 5 heteroatoms. The monoisotopic (exact) mass is 249 g/mol. The van der Waals surface area contributed by atoms with Gasteiger partial charge < -0.3 is 15.4 Å². The average Bonchev–Trinajstić information content (AvgIpc) is 2.46. The summed E-state index contributed by atoms with van der Waals surface area (Å²) < 4.78 is 0. The van der Waals surface area contributed by atoms with Crippen molar-refractivity contribution in [3.8, 4) is 0 Å². The second-order valence-electron chi connectivity index (χ2n) is 4.52. The van der Waals surface area contributed by atoms with E-state index in [1.807, 2.05) is 12.1 Å². The number of aliphatic hydroxyl groups is 1. The lowest BCUT2D eigenvalue weighted by Gasteiger charge is -2.35. The summed E-state index contributed by atoms with van der Waals surface area (Å²) in [6.07, 6.45) is 2.91. The first-order chi connectivity index (χ1) is 8.77. The van der Waals surface area contributed by atoms with E-state index < -0.39 is 0 Å². The van der Waals surface area contributed by atoms with E-state index in [4.69, 9.17) is 5.84 Å². The Hall–Kier alpha value is -1.59. The number of carbonyl (C=O) groups is 1. The standard InChI is InChI=1S/C13H19N3O2/c14-15-12-7-2-1-6-11(12)13(18)16-8-4-3-5-10(16)9-17/h1-2,6-7,10,15,17H,3-5,8-9,14H2. The molecule has 18 heavy (non-hydrogen) atoms. The maximum atomic E-state index is 12.5. The summed E-state index contributed by atoms with van der Waals surface area (Å²) in [4.78, 5) is 14.2.